The van der Waals surface area contributed by atoms with E-state index in [4.69, 9.17) is 4.74 Å². The van der Waals surface area contributed by atoms with E-state index < -0.39 is 4.92 Å². The van der Waals surface area contributed by atoms with Gasteiger partial charge < -0.3 is 4.74 Å². The summed E-state index contributed by atoms with van der Waals surface area (Å²) in [6, 6.07) is 6.25. The number of nitro benzene ring substituents is 1. The van der Waals surface area contributed by atoms with Crippen molar-refractivity contribution in [2.45, 2.75) is 20.4 Å². The number of aryl methyl sites for hydroxylation is 1. The van der Waals surface area contributed by atoms with Crippen LogP contribution < -0.4 is 4.74 Å². The van der Waals surface area contributed by atoms with Crippen molar-refractivity contribution in [3.05, 3.63) is 63.7 Å². The highest BCUT2D eigenvalue weighted by Gasteiger charge is 2.13. The lowest BCUT2D eigenvalue weighted by Gasteiger charge is -2.11. The molecule has 128 valence electrons. The number of methoxy groups -OCH3 is 1. The summed E-state index contributed by atoms with van der Waals surface area (Å²) >= 11 is 0. The summed E-state index contributed by atoms with van der Waals surface area (Å²) in [6.45, 7) is 4.33. The zero-order valence-electron chi connectivity index (χ0n) is 14.1. The number of hydrogen-bond acceptors (Lipinski definition) is 6. The quantitative estimate of drug-likeness (QED) is 0.524. The number of aromatic nitrogens is 4. The molecular formula is C17H17N5O3. The maximum atomic E-state index is 10.9. The second-order valence-electron chi connectivity index (χ2n) is 5.62. The molecule has 2 aromatic heterocycles. The first-order valence-electron chi connectivity index (χ1n) is 7.63. The van der Waals surface area contributed by atoms with Gasteiger partial charge in [0, 0.05) is 35.0 Å². The molecule has 0 aliphatic carbocycles. The lowest BCUT2D eigenvalue weighted by Crippen LogP contribution is -2.06. The molecule has 8 heteroatoms. The maximum Gasteiger partial charge on any atom is 0.270 e. The first kappa shape index (κ1) is 16.6. The Kier molecular flexibility index (Phi) is 4.42. The van der Waals surface area contributed by atoms with Crippen molar-refractivity contribution in [1.82, 2.24) is 19.7 Å². The van der Waals surface area contributed by atoms with E-state index in [1.165, 1.54) is 12.1 Å². The van der Waals surface area contributed by atoms with Gasteiger partial charge in [-0.25, -0.2) is 9.67 Å². The van der Waals surface area contributed by atoms with Crippen LogP contribution in [0.15, 0.2) is 36.8 Å². The SMILES string of the molecule is COc1c(C)cnc(Cn2cnc(-c3cccc([N+](=O)[O-])c3)n2)c1C. The van der Waals surface area contributed by atoms with Crippen molar-refractivity contribution < 1.29 is 9.66 Å². The van der Waals surface area contributed by atoms with Crippen LogP contribution in [-0.2, 0) is 6.54 Å². The minimum absolute atomic E-state index is 0.00892. The molecule has 0 spiro atoms. The summed E-state index contributed by atoms with van der Waals surface area (Å²) in [6.07, 6.45) is 3.35. The van der Waals surface area contributed by atoms with E-state index in [1.54, 1.807) is 36.4 Å². The van der Waals surface area contributed by atoms with E-state index >= 15 is 0 Å². The molecule has 0 aliphatic rings. The molecule has 0 N–H and O–H groups in total. The number of nitro groups is 1. The predicted octanol–water partition coefficient (Wildman–Crippen LogP) is 2.92. The molecule has 0 atom stereocenters. The van der Waals surface area contributed by atoms with E-state index in [2.05, 4.69) is 15.1 Å². The van der Waals surface area contributed by atoms with Crippen LogP contribution in [0.3, 0.4) is 0 Å². The lowest BCUT2D eigenvalue weighted by molar-refractivity contribution is -0.384. The van der Waals surface area contributed by atoms with Crippen molar-refractivity contribution >= 4 is 5.69 Å². The van der Waals surface area contributed by atoms with Crippen LogP contribution in [-0.4, -0.2) is 31.8 Å². The highest BCUT2D eigenvalue weighted by Crippen LogP contribution is 2.25. The molecule has 0 fully saturated rings. The minimum atomic E-state index is -0.438. The van der Waals surface area contributed by atoms with Crippen molar-refractivity contribution in [1.29, 1.82) is 0 Å². The van der Waals surface area contributed by atoms with Gasteiger partial charge in [-0.15, -0.1) is 0 Å². The van der Waals surface area contributed by atoms with Gasteiger partial charge in [-0.1, -0.05) is 12.1 Å². The van der Waals surface area contributed by atoms with E-state index in [0.717, 1.165) is 22.6 Å². The Morgan fingerprint density at radius 2 is 2.08 bits per heavy atom. The number of non-ortho nitro benzene ring substituents is 1. The third kappa shape index (κ3) is 3.32. The van der Waals surface area contributed by atoms with Crippen molar-refractivity contribution in [2.75, 3.05) is 7.11 Å². The van der Waals surface area contributed by atoms with Crippen LogP contribution in [0, 0.1) is 24.0 Å². The number of benzene rings is 1. The van der Waals surface area contributed by atoms with Crippen LogP contribution in [0.25, 0.3) is 11.4 Å². The molecule has 0 saturated carbocycles. The Labute approximate surface area is 144 Å². The average Bonchev–Trinajstić information content (AvgIpc) is 3.07. The largest absolute Gasteiger partial charge is 0.496 e. The second kappa shape index (κ2) is 6.68. The zero-order valence-corrected chi connectivity index (χ0v) is 14.1. The highest BCUT2D eigenvalue weighted by atomic mass is 16.6. The molecule has 0 saturated heterocycles. The molecule has 2 heterocycles. The first-order valence-corrected chi connectivity index (χ1v) is 7.63. The first-order chi connectivity index (χ1) is 12.0. The molecular weight excluding hydrogens is 322 g/mol. The summed E-state index contributed by atoms with van der Waals surface area (Å²) < 4.78 is 7.07. The van der Waals surface area contributed by atoms with Gasteiger partial charge in [-0.05, 0) is 13.8 Å². The van der Waals surface area contributed by atoms with Gasteiger partial charge in [0.05, 0.1) is 24.3 Å². The van der Waals surface area contributed by atoms with Crippen LogP contribution in [0.4, 0.5) is 5.69 Å². The molecule has 3 rings (SSSR count). The van der Waals surface area contributed by atoms with E-state index in [1.807, 2.05) is 13.8 Å². The molecule has 0 aliphatic heterocycles. The predicted molar refractivity (Wildman–Crippen MR) is 91.5 cm³/mol. The summed E-state index contributed by atoms with van der Waals surface area (Å²) in [5.74, 6) is 1.24. The third-order valence-corrected chi connectivity index (χ3v) is 3.91. The Morgan fingerprint density at radius 1 is 1.28 bits per heavy atom. The number of pyridine rings is 1. The molecule has 0 radical (unpaired) electrons. The fourth-order valence-corrected chi connectivity index (χ4v) is 2.65. The summed E-state index contributed by atoms with van der Waals surface area (Å²) in [7, 11) is 1.63. The molecule has 1 aromatic carbocycles. The fraction of sp³-hybridized carbons (Fsp3) is 0.235. The van der Waals surface area contributed by atoms with Gasteiger partial charge in [-0.2, -0.15) is 5.10 Å². The number of nitrogens with zero attached hydrogens (tertiary/aromatic N) is 5. The second-order valence-corrected chi connectivity index (χ2v) is 5.62. The Balaban J connectivity index is 1.88. The lowest BCUT2D eigenvalue weighted by atomic mass is 10.1. The van der Waals surface area contributed by atoms with E-state index in [0.29, 0.717) is 17.9 Å². The van der Waals surface area contributed by atoms with Gasteiger partial charge >= 0.3 is 0 Å². The van der Waals surface area contributed by atoms with Crippen LogP contribution in [0.5, 0.6) is 5.75 Å². The van der Waals surface area contributed by atoms with E-state index in [-0.39, 0.29) is 5.69 Å². The van der Waals surface area contributed by atoms with Gasteiger partial charge in [0.25, 0.3) is 5.69 Å². The van der Waals surface area contributed by atoms with Crippen LogP contribution in [0.2, 0.25) is 0 Å². The molecule has 0 amide bonds. The standard InChI is InChI=1S/C17H17N5O3/c1-11-8-18-15(12(2)16(11)25-3)9-21-10-19-17(20-21)13-5-4-6-14(7-13)22(23)24/h4-8,10H,9H2,1-3H3. The molecule has 8 nitrogen and oxygen atoms in total. The van der Waals surface area contributed by atoms with Gasteiger partial charge in [0.2, 0.25) is 0 Å². The van der Waals surface area contributed by atoms with Crippen molar-refractivity contribution in [3.8, 4) is 17.1 Å². The maximum absolute atomic E-state index is 10.9. The summed E-state index contributed by atoms with van der Waals surface area (Å²) in [5.41, 5.74) is 3.36. The van der Waals surface area contributed by atoms with Crippen molar-refractivity contribution in [3.63, 3.8) is 0 Å². The average molecular weight is 339 g/mol. The normalized spacial score (nSPS) is 10.7. The summed E-state index contributed by atoms with van der Waals surface area (Å²) in [4.78, 5) is 19.1. The smallest absolute Gasteiger partial charge is 0.270 e. The fourth-order valence-electron chi connectivity index (χ4n) is 2.65. The number of hydrogen-bond donors (Lipinski definition) is 0. The van der Waals surface area contributed by atoms with Crippen molar-refractivity contribution in [2.24, 2.45) is 0 Å². The molecule has 3 aromatic rings. The van der Waals surface area contributed by atoms with Gasteiger partial charge in [0.15, 0.2) is 5.82 Å². The Morgan fingerprint density at radius 3 is 2.80 bits per heavy atom. The monoisotopic (exact) mass is 339 g/mol. The highest BCUT2D eigenvalue weighted by molar-refractivity contribution is 5.58. The van der Waals surface area contributed by atoms with E-state index in [9.17, 15) is 10.1 Å². The van der Waals surface area contributed by atoms with Crippen LogP contribution >= 0.6 is 0 Å². The van der Waals surface area contributed by atoms with Gasteiger partial charge in [0.1, 0.15) is 12.1 Å². The minimum Gasteiger partial charge on any atom is -0.496 e. The topological polar surface area (TPSA) is 96.0 Å². The Hall–Kier alpha value is -3.29. The summed E-state index contributed by atoms with van der Waals surface area (Å²) in [5, 5.41) is 15.3. The number of rotatable bonds is 5. The molecule has 25 heavy (non-hydrogen) atoms. The van der Waals surface area contributed by atoms with Gasteiger partial charge in [-0.3, -0.25) is 15.1 Å². The molecule has 0 bridgehead atoms. The Bertz CT molecular complexity index is 936. The number of ether oxygens (including phenoxy) is 1. The zero-order chi connectivity index (χ0) is 18.0. The molecule has 0 unspecified atom stereocenters. The van der Waals surface area contributed by atoms with Crippen LogP contribution in [0.1, 0.15) is 16.8 Å². The third-order valence-electron chi connectivity index (χ3n) is 3.91.